The van der Waals surface area contributed by atoms with Crippen LogP contribution >= 0.6 is 0 Å². The van der Waals surface area contributed by atoms with E-state index in [-0.39, 0.29) is 6.61 Å². The van der Waals surface area contributed by atoms with Crippen LogP contribution in [-0.2, 0) is 4.74 Å². The van der Waals surface area contributed by atoms with Crippen LogP contribution in [0.25, 0.3) is 0 Å². The summed E-state index contributed by atoms with van der Waals surface area (Å²) in [5.74, 6) is 0. The summed E-state index contributed by atoms with van der Waals surface area (Å²) in [6.45, 7) is -0.132. The molecular weight excluding hydrogens is 166 g/mol. The second-order valence-corrected chi connectivity index (χ2v) is 3.23. The molecule has 70 valence electrons. The van der Waals surface area contributed by atoms with E-state index in [4.69, 9.17) is 4.74 Å². The molecule has 5 atom stereocenters. The third-order valence-electron chi connectivity index (χ3n) is 2.35. The Hall–Kier alpha value is -0.240. The van der Waals surface area contributed by atoms with E-state index >= 15 is 0 Å². The molecule has 2 saturated heterocycles. The molecular formula is C6H11NO5. The normalized spacial score (nSPS) is 59.0. The maximum Gasteiger partial charge on any atom is 0.170 e. The van der Waals surface area contributed by atoms with E-state index in [2.05, 4.69) is 5.32 Å². The molecule has 5 N–H and O–H groups in total. The SMILES string of the molecule is O[C@@H]1[C@@H](O)[C@H](O)[C@@]2(O)CO[C@H]1N2. The molecule has 0 saturated carbocycles. The van der Waals surface area contributed by atoms with Crippen molar-refractivity contribution in [3.8, 4) is 0 Å². The Morgan fingerprint density at radius 3 is 2.58 bits per heavy atom. The minimum absolute atomic E-state index is 0.132. The monoisotopic (exact) mass is 177 g/mol. The van der Waals surface area contributed by atoms with Gasteiger partial charge in [-0.05, 0) is 0 Å². The van der Waals surface area contributed by atoms with Crippen LogP contribution < -0.4 is 5.32 Å². The molecule has 0 aromatic rings. The number of nitrogens with one attached hydrogen (secondary N) is 1. The first-order chi connectivity index (χ1) is 5.54. The van der Waals surface area contributed by atoms with Gasteiger partial charge in [0.1, 0.15) is 24.5 Å². The van der Waals surface area contributed by atoms with Crippen LogP contribution in [0.15, 0.2) is 0 Å². The van der Waals surface area contributed by atoms with Gasteiger partial charge in [0.15, 0.2) is 5.72 Å². The number of aliphatic hydroxyl groups excluding tert-OH is 3. The molecule has 0 aromatic heterocycles. The van der Waals surface area contributed by atoms with Gasteiger partial charge < -0.3 is 25.2 Å². The maximum atomic E-state index is 9.52. The van der Waals surface area contributed by atoms with Gasteiger partial charge in [0.2, 0.25) is 0 Å². The third kappa shape index (κ3) is 0.905. The van der Waals surface area contributed by atoms with Gasteiger partial charge in [0, 0.05) is 0 Å². The van der Waals surface area contributed by atoms with E-state index in [1.54, 1.807) is 0 Å². The molecule has 0 aromatic carbocycles. The Balaban J connectivity index is 2.25. The number of aliphatic hydroxyl groups is 4. The number of hydrogen-bond acceptors (Lipinski definition) is 6. The Kier molecular flexibility index (Phi) is 1.66. The van der Waals surface area contributed by atoms with Gasteiger partial charge in [-0.1, -0.05) is 0 Å². The molecule has 6 heteroatoms. The average Bonchev–Trinajstić information content (AvgIpc) is 2.41. The molecule has 0 amide bonds. The van der Waals surface area contributed by atoms with Gasteiger partial charge in [-0.25, -0.2) is 0 Å². The zero-order valence-corrected chi connectivity index (χ0v) is 6.21. The van der Waals surface area contributed by atoms with E-state index in [1.807, 2.05) is 0 Å². The van der Waals surface area contributed by atoms with Crippen molar-refractivity contribution in [1.82, 2.24) is 5.32 Å². The highest BCUT2D eigenvalue weighted by Crippen LogP contribution is 2.28. The quantitative estimate of drug-likeness (QED) is 0.266. The Morgan fingerprint density at radius 1 is 1.25 bits per heavy atom. The molecule has 12 heavy (non-hydrogen) atoms. The van der Waals surface area contributed by atoms with Crippen LogP contribution in [-0.4, -0.2) is 57.3 Å². The predicted octanol–water partition coefficient (Wildman–Crippen LogP) is -3.28. The highest BCUT2D eigenvalue weighted by molar-refractivity contribution is 5.03. The molecule has 0 aliphatic carbocycles. The van der Waals surface area contributed by atoms with Crippen molar-refractivity contribution >= 4 is 0 Å². The van der Waals surface area contributed by atoms with Crippen molar-refractivity contribution in [1.29, 1.82) is 0 Å². The van der Waals surface area contributed by atoms with Gasteiger partial charge in [0.25, 0.3) is 0 Å². The summed E-state index contributed by atoms with van der Waals surface area (Å²) < 4.78 is 4.90. The van der Waals surface area contributed by atoms with E-state index in [0.717, 1.165) is 0 Å². The van der Waals surface area contributed by atoms with Crippen LogP contribution in [0.2, 0.25) is 0 Å². The molecule has 0 radical (unpaired) electrons. The highest BCUT2D eigenvalue weighted by Gasteiger charge is 2.56. The lowest BCUT2D eigenvalue weighted by Gasteiger charge is -2.38. The van der Waals surface area contributed by atoms with E-state index in [0.29, 0.717) is 0 Å². The van der Waals surface area contributed by atoms with Crippen molar-refractivity contribution < 1.29 is 25.2 Å². The summed E-state index contributed by atoms with van der Waals surface area (Å²) in [5, 5.41) is 39.7. The van der Waals surface area contributed by atoms with Crippen molar-refractivity contribution in [2.24, 2.45) is 0 Å². The summed E-state index contributed by atoms with van der Waals surface area (Å²) in [5.41, 5.74) is -1.62. The van der Waals surface area contributed by atoms with Gasteiger partial charge in [-0.2, -0.15) is 0 Å². The number of ether oxygens (including phenoxy) is 1. The summed E-state index contributed by atoms with van der Waals surface area (Å²) in [6, 6.07) is 0. The maximum absolute atomic E-state index is 9.52. The molecule has 2 fully saturated rings. The lowest BCUT2D eigenvalue weighted by Crippen LogP contribution is -2.68. The second kappa shape index (κ2) is 2.38. The molecule has 6 nitrogen and oxygen atoms in total. The number of fused-ring (bicyclic) bond motifs is 2. The number of hydrogen-bond donors (Lipinski definition) is 5. The summed E-state index contributed by atoms with van der Waals surface area (Å²) in [6.07, 6.45) is -4.80. The number of rotatable bonds is 0. The smallest absolute Gasteiger partial charge is 0.170 e. The van der Waals surface area contributed by atoms with E-state index in [9.17, 15) is 20.4 Å². The summed E-state index contributed by atoms with van der Waals surface area (Å²) in [4.78, 5) is 0. The lowest BCUT2D eigenvalue weighted by molar-refractivity contribution is -0.185. The first kappa shape index (κ1) is 8.36. The minimum Gasteiger partial charge on any atom is -0.387 e. The van der Waals surface area contributed by atoms with Gasteiger partial charge in [0.05, 0.1) is 6.61 Å². The standard InChI is InChI=1S/C6H11NO5/c8-2-3(9)5-7-6(11,1-12-5)4(2)10/h2-5,7-11H,1H2/t2-,3-,4+,5-,6+/m1/s1. The van der Waals surface area contributed by atoms with Gasteiger partial charge in [-0.15, -0.1) is 0 Å². The van der Waals surface area contributed by atoms with Crippen LogP contribution in [0.1, 0.15) is 0 Å². The molecule has 2 aliphatic heterocycles. The average molecular weight is 177 g/mol. The first-order valence-corrected chi connectivity index (χ1v) is 3.70. The van der Waals surface area contributed by atoms with Crippen molar-refractivity contribution in [2.75, 3.05) is 6.61 Å². The summed E-state index contributed by atoms with van der Waals surface area (Å²) in [7, 11) is 0. The van der Waals surface area contributed by atoms with E-state index < -0.39 is 30.3 Å². The van der Waals surface area contributed by atoms with Crippen molar-refractivity contribution in [3.05, 3.63) is 0 Å². The molecule has 2 rings (SSSR count). The van der Waals surface area contributed by atoms with Gasteiger partial charge >= 0.3 is 0 Å². The lowest BCUT2D eigenvalue weighted by atomic mass is 9.94. The van der Waals surface area contributed by atoms with Crippen molar-refractivity contribution in [3.63, 3.8) is 0 Å². The zero-order chi connectivity index (χ0) is 8.93. The largest absolute Gasteiger partial charge is 0.387 e. The topological polar surface area (TPSA) is 102 Å². The zero-order valence-electron chi connectivity index (χ0n) is 6.21. The fourth-order valence-corrected chi connectivity index (χ4v) is 1.55. The Morgan fingerprint density at radius 2 is 1.92 bits per heavy atom. The predicted molar refractivity (Wildman–Crippen MR) is 35.8 cm³/mol. The molecule has 0 unspecified atom stereocenters. The van der Waals surface area contributed by atoms with Crippen LogP contribution in [0.5, 0.6) is 0 Å². The van der Waals surface area contributed by atoms with Crippen LogP contribution in [0.4, 0.5) is 0 Å². The fourth-order valence-electron chi connectivity index (χ4n) is 1.55. The molecule has 0 spiro atoms. The second-order valence-electron chi connectivity index (χ2n) is 3.23. The Bertz CT molecular complexity index is 200. The van der Waals surface area contributed by atoms with Crippen LogP contribution in [0, 0.1) is 0 Å². The first-order valence-electron chi connectivity index (χ1n) is 3.70. The Labute approximate surface area is 68.4 Å². The molecule has 2 aliphatic rings. The molecule has 2 bridgehead atoms. The highest BCUT2D eigenvalue weighted by atomic mass is 16.6. The van der Waals surface area contributed by atoms with Crippen LogP contribution in [0.3, 0.4) is 0 Å². The fraction of sp³-hybridized carbons (Fsp3) is 1.00. The van der Waals surface area contributed by atoms with E-state index in [1.165, 1.54) is 0 Å². The molecule has 2 heterocycles. The third-order valence-corrected chi connectivity index (χ3v) is 2.35. The summed E-state index contributed by atoms with van der Waals surface area (Å²) >= 11 is 0. The minimum atomic E-state index is -1.62. The number of piperidine rings is 1. The van der Waals surface area contributed by atoms with Gasteiger partial charge in [-0.3, -0.25) is 5.32 Å². The van der Waals surface area contributed by atoms with Crippen molar-refractivity contribution in [2.45, 2.75) is 30.3 Å².